The van der Waals surface area contributed by atoms with E-state index in [1.165, 1.54) is 18.3 Å². The van der Waals surface area contributed by atoms with Crippen molar-refractivity contribution in [3.63, 3.8) is 0 Å². The minimum atomic E-state index is -4.82. The number of nitrogens with one attached hydrogen (secondary N) is 1. The minimum Gasteiger partial charge on any atom is -0.435 e. The number of nitrogens with zero attached hydrogens (tertiary/aromatic N) is 3. The fourth-order valence-corrected chi connectivity index (χ4v) is 2.41. The third-order valence-electron chi connectivity index (χ3n) is 3.59. The zero-order valence-electron chi connectivity index (χ0n) is 13.3. The fraction of sp³-hybridized carbons (Fsp3) is 0.188. The van der Waals surface area contributed by atoms with Crippen LogP contribution >= 0.6 is 0 Å². The van der Waals surface area contributed by atoms with Crippen LogP contribution in [-0.2, 0) is 0 Å². The Kier molecular flexibility index (Phi) is 4.93. The maximum atomic E-state index is 13.4. The molecule has 1 amide bonds. The number of hydrogen-bond acceptors (Lipinski definition) is 4. The summed E-state index contributed by atoms with van der Waals surface area (Å²) in [6.45, 7) is -3.10. The minimum absolute atomic E-state index is 0.0880. The van der Waals surface area contributed by atoms with Gasteiger partial charge in [-0.2, -0.15) is 36.8 Å². The highest BCUT2D eigenvalue weighted by atomic mass is 19.4. The van der Waals surface area contributed by atoms with Crippen LogP contribution in [0, 0.1) is 0 Å². The second-order valence-corrected chi connectivity index (χ2v) is 5.35. The maximum absolute atomic E-state index is 13.4. The van der Waals surface area contributed by atoms with Crippen LogP contribution in [0.25, 0.3) is 5.52 Å². The predicted octanol–water partition coefficient (Wildman–Crippen LogP) is 3.36. The van der Waals surface area contributed by atoms with Crippen molar-refractivity contribution in [2.45, 2.75) is 18.8 Å². The van der Waals surface area contributed by atoms with Gasteiger partial charge in [0.05, 0.1) is 11.8 Å². The van der Waals surface area contributed by atoms with Crippen LogP contribution in [0.15, 0.2) is 48.8 Å². The predicted molar refractivity (Wildman–Crippen MR) is 82.3 cm³/mol. The number of ether oxygens (including phenoxy) is 1. The number of carbonyl (C=O) groups excluding carboxylic acids is 1. The van der Waals surface area contributed by atoms with Gasteiger partial charge in [0.2, 0.25) is 0 Å². The number of aromatic nitrogens is 3. The standard InChI is InChI=1S/C16H11F5N4O2/c17-15(18)27-10-5-3-9(4-6-10)13(16(19,20)21)24-14(26)11-8-23-25-12(11)2-1-7-22-25/h1-8,13,15H,(H,24,26). The number of amides is 1. The highest BCUT2D eigenvalue weighted by Crippen LogP contribution is 2.34. The summed E-state index contributed by atoms with van der Waals surface area (Å²) in [5.41, 5.74) is -0.196. The Morgan fingerprint density at radius 2 is 1.81 bits per heavy atom. The van der Waals surface area contributed by atoms with Crippen LogP contribution in [0.5, 0.6) is 5.75 Å². The topological polar surface area (TPSA) is 68.5 Å². The molecule has 1 unspecified atom stereocenters. The first-order valence-corrected chi connectivity index (χ1v) is 7.47. The molecule has 0 saturated carbocycles. The van der Waals surface area contributed by atoms with Crippen LogP contribution in [0.1, 0.15) is 22.0 Å². The number of alkyl halides is 5. The van der Waals surface area contributed by atoms with E-state index in [4.69, 9.17) is 0 Å². The number of benzene rings is 1. The molecule has 1 atom stereocenters. The Hall–Kier alpha value is -3.24. The molecule has 142 valence electrons. The van der Waals surface area contributed by atoms with Gasteiger partial charge in [-0.15, -0.1) is 0 Å². The number of halogens is 5. The highest BCUT2D eigenvalue weighted by Gasteiger charge is 2.42. The molecular weight excluding hydrogens is 375 g/mol. The fourth-order valence-electron chi connectivity index (χ4n) is 2.41. The van der Waals surface area contributed by atoms with E-state index >= 15 is 0 Å². The van der Waals surface area contributed by atoms with E-state index in [2.05, 4.69) is 14.9 Å². The lowest BCUT2D eigenvalue weighted by atomic mass is 10.1. The summed E-state index contributed by atoms with van der Waals surface area (Å²) in [7, 11) is 0. The monoisotopic (exact) mass is 386 g/mol. The lowest BCUT2D eigenvalue weighted by molar-refractivity contribution is -0.155. The summed E-state index contributed by atoms with van der Waals surface area (Å²) < 4.78 is 69.8. The molecule has 3 aromatic rings. The maximum Gasteiger partial charge on any atom is 0.412 e. The van der Waals surface area contributed by atoms with Crippen molar-refractivity contribution in [2.75, 3.05) is 0 Å². The van der Waals surface area contributed by atoms with Crippen molar-refractivity contribution < 1.29 is 31.5 Å². The van der Waals surface area contributed by atoms with Gasteiger partial charge < -0.3 is 10.1 Å². The van der Waals surface area contributed by atoms with E-state index in [1.807, 2.05) is 5.32 Å². The Morgan fingerprint density at radius 3 is 2.44 bits per heavy atom. The molecule has 11 heteroatoms. The van der Waals surface area contributed by atoms with Gasteiger partial charge in [0.1, 0.15) is 11.3 Å². The first kappa shape index (κ1) is 18.5. The summed E-state index contributed by atoms with van der Waals surface area (Å²) in [5.74, 6) is -1.30. The molecule has 0 saturated heterocycles. The molecular formula is C16H11F5N4O2. The summed E-state index contributed by atoms with van der Waals surface area (Å²) in [5, 5.41) is 9.52. The van der Waals surface area contributed by atoms with E-state index in [0.717, 1.165) is 35.1 Å². The third-order valence-corrected chi connectivity index (χ3v) is 3.59. The molecule has 1 N–H and O–H groups in total. The van der Waals surface area contributed by atoms with Crippen LogP contribution < -0.4 is 10.1 Å². The van der Waals surface area contributed by atoms with Crippen LogP contribution in [0.4, 0.5) is 22.0 Å². The molecule has 2 heterocycles. The number of carbonyl (C=O) groups is 1. The van der Waals surface area contributed by atoms with E-state index in [9.17, 15) is 26.7 Å². The van der Waals surface area contributed by atoms with Gasteiger partial charge >= 0.3 is 12.8 Å². The van der Waals surface area contributed by atoms with Crippen LogP contribution in [0.3, 0.4) is 0 Å². The molecule has 0 radical (unpaired) electrons. The summed E-state index contributed by atoms with van der Waals surface area (Å²) in [6.07, 6.45) is -2.31. The van der Waals surface area contributed by atoms with Gasteiger partial charge in [0.15, 0.2) is 6.04 Å². The van der Waals surface area contributed by atoms with Gasteiger partial charge in [-0.25, -0.2) is 0 Å². The van der Waals surface area contributed by atoms with Gasteiger partial charge in [-0.3, -0.25) is 4.79 Å². The van der Waals surface area contributed by atoms with Crippen molar-refractivity contribution >= 4 is 11.4 Å². The van der Waals surface area contributed by atoms with Gasteiger partial charge in [0.25, 0.3) is 5.91 Å². The van der Waals surface area contributed by atoms with Crippen molar-refractivity contribution in [1.29, 1.82) is 0 Å². The van der Waals surface area contributed by atoms with E-state index in [-0.39, 0.29) is 22.4 Å². The molecule has 0 fully saturated rings. The lowest BCUT2D eigenvalue weighted by Gasteiger charge is -2.22. The number of hydrogen-bond donors (Lipinski definition) is 1. The van der Waals surface area contributed by atoms with Crippen LogP contribution in [0.2, 0.25) is 0 Å². The molecule has 6 nitrogen and oxygen atoms in total. The molecule has 0 aliphatic heterocycles. The zero-order chi connectivity index (χ0) is 19.6. The average Bonchev–Trinajstić information content (AvgIpc) is 3.03. The number of rotatable bonds is 5. The Labute approximate surface area is 148 Å². The number of fused-ring (bicyclic) bond motifs is 1. The summed E-state index contributed by atoms with van der Waals surface area (Å²) >= 11 is 0. The van der Waals surface area contributed by atoms with Crippen molar-refractivity contribution in [2.24, 2.45) is 0 Å². The SMILES string of the molecule is O=C(NC(c1ccc(OC(F)F)cc1)C(F)(F)F)c1cnn2ncccc12. The van der Waals surface area contributed by atoms with E-state index < -0.39 is 24.7 Å². The Morgan fingerprint density at radius 1 is 1.11 bits per heavy atom. The Balaban J connectivity index is 1.86. The zero-order valence-corrected chi connectivity index (χ0v) is 13.3. The molecule has 0 bridgehead atoms. The molecule has 1 aromatic carbocycles. The smallest absolute Gasteiger partial charge is 0.412 e. The molecule has 3 rings (SSSR count). The first-order chi connectivity index (χ1) is 12.8. The van der Waals surface area contributed by atoms with Gasteiger partial charge in [-0.1, -0.05) is 12.1 Å². The molecule has 2 aromatic heterocycles. The molecule has 0 aliphatic carbocycles. The summed E-state index contributed by atoms with van der Waals surface area (Å²) in [4.78, 5) is 12.3. The van der Waals surface area contributed by atoms with Crippen molar-refractivity contribution in [3.05, 3.63) is 59.9 Å². The van der Waals surface area contributed by atoms with E-state index in [1.54, 1.807) is 0 Å². The first-order valence-electron chi connectivity index (χ1n) is 7.47. The second kappa shape index (κ2) is 7.17. The van der Waals surface area contributed by atoms with Crippen LogP contribution in [-0.4, -0.2) is 33.5 Å². The molecule has 0 spiro atoms. The van der Waals surface area contributed by atoms with Crippen molar-refractivity contribution in [1.82, 2.24) is 20.1 Å². The Bertz CT molecular complexity index is 940. The lowest BCUT2D eigenvalue weighted by Crippen LogP contribution is -2.38. The average molecular weight is 386 g/mol. The quantitative estimate of drug-likeness (QED) is 0.683. The second-order valence-electron chi connectivity index (χ2n) is 5.35. The largest absolute Gasteiger partial charge is 0.435 e. The molecule has 27 heavy (non-hydrogen) atoms. The molecule has 0 aliphatic rings. The van der Waals surface area contributed by atoms with E-state index in [0.29, 0.717) is 0 Å². The normalized spacial score (nSPS) is 13.0. The summed E-state index contributed by atoms with van der Waals surface area (Å²) in [6, 6.07) is 4.47. The highest BCUT2D eigenvalue weighted by molar-refractivity contribution is 6.00. The van der Waals surface area contributed by atoms with Gasteiger partial charge in [-0.05, 0) is 29.8 Å². The van der Waals surface area contributed by atoms with Gasteiger partial charge in [0, 0.05) is 6.20 Å². The van der Waals surface area contributed by atoms with Crippen molar-refractivity contribution in [3.8, 4) is 5.75 Å². The third kappa shape index (κ3) is 4.13.